The van der Waals surface area contributed by atoms with Crippen LogP contribution in [-0.2, 0) is 20.8 Å². The van der Waals surface area contributed by atoms with Gasteiger partial charge in [-0.15, -0.1) is 5.10 Å². The Morgan fingerprint density at radius 3 is 2.46 bits per heavy atom. The summed E-state index contributed by atoms with van der Waals surface area (Å²) in [6, 6.07) is 18.4. The first kappa shape index (κ1) is 36.5. The summed E-state index contributed by atoms with van der Waals surface area (Å²) in [7, 11) is 0. The second-order valence-corrected chi connectivity index (χ2v) is 12.5. The largest absolute Gasteiger partial charge is 0.477 e. The molecule has 0 spiro atoms. The van der Waals surface area contributed by atoms with E-state index in [0.29, 0.717) is 65.4 Å². The molecule has 272 valence electrons. The van der Waals surface area contributed by atoms with E-state index < -0.39 is 29.7 Å². The molecule has 0 saturated carbocycles. The Bertz CT molecular complexity index is 2320. The highest BCUT2D eigenvalue weighted by Gasteiger charge is 2.26. The molecule has 0 bridgehead atoms. The molecule has 6 rings (SSSR count). The summed E-state index contributed by atoms with van der Waals surface area (Å²) in [5.74, 6) is -3.73. The lowest BCUT2D eigenvalue weighted by Crippen LogP contribution is -2.49. The molecule has 0 aliphatic carbocycles. The minimum Gasteiger partial charge on any atom is -0.477 e. The zero-order valence-corrected chi connectivity index (χ0v) is 28.9. The third kappa shape index (κ3) is 8.76. The van der Waals surface area contributed by atoms with Gasteiger partial charge in [0, 0.05) is 47.0 Å². The van der Waals surface area contributed by atoms with E-state index in [1.165, 1.54) is 23.1 Å². The number of H-pyrrole nitrogens is 1. The number of guanidine groups is 1. The zero-order chi connectivity index (χ0) is 38.2. The number of carbonyl (C=O) groups is 4. The Morgan fingerprint density at radius 2 is 1.78 bits per heavy atom. The molecule has 18 nitrogen and oxygen atoms in total. The summed E-state index contributed by atoms with van der Waals surface area (Å²) in [5, 5.41) is 50.1. The van der Waals surface area contributed by atoms with Crippen molar-refractivity contribution in [2.24, 2.45) is 10.9 Å². The first-order valence-electron chi connectivity index (χ1n) is 16.4. The number of tetrazole rings is 1. The average molecular weight is 748 g/mol. The number of likely N-dealkylation sites (tertiary alicyclic amines) is 1. The second kappa shape index (κ2) is 16.4. The molecule has 1 atom stereocenters. The van der Waals surface area contributed by atoms with Gasteiger partial charge in [0.2, 0.25) is 11.9 Å². The average Bonchev–Trinajstić information content (AvgIpc) is 3.86. The molecule has 0 radical (unpaired) electrons. The molecule has 3 aromatic carbocycles. The van der Waals surface area contributed by atoms with Crippen molar-refractivity contribution in [1.29, 1.82) is 10.5 Å². The fourth-order valence-electron chi connectivity index (χ4n) is 5.76. The first-order valence-corrected chi connectivity index (χ1v) is 16.8. The molecule has 5 aromatic rings. The number of carboxylic acid groups (broad SMARTS) is 1. The fraction of sp³-hybridized carbons (Fsp3) is 0.200. The van der Waals surface area contributed by atoms with Crippen molar-refractivity contribution >= 4 is 69.2 Å². The van der Waals surface area contributed by atoms with Crippen LogP contribution in [0, 0.1) is 28.7 Å². The number of nitrogens with one attached hydrogen (secondary N) is 5. The summed E-state index contributed by atoms with van der Waals surface area (Å²) in [4.78, 5) is 61.0. The number of aromatic nitrogens is 5. The molecule has 2 aromatic heterocycles. The quantitative estimate of drug-likeness (QED) is 0.0418. The Balaban J connectivity index is 1.22. The standard InChI is InChI=1S/C35H30ClN13O5/c36-23-3-8-30(49-19-40-46-47-49)27(16-23)44-32(51)33(52)45-28(31(50)41-25-6-7-26-22(14-25)15-29(43-26)34(53)54)13-20-1-4-24(5-2-20)42-35(39-18-38)48-11-9-21(17-37)10-12-48/h1-8,14-16,19,21,28,43H,9-13H2,(H,39,42)(H,41,50)(H,44,51)(H,45,52)(H,53,54)/t28-/m0/s1. The van der Waals surface area contributed by atoms with Gasteiger partial charge < -0.3 is 30.9 Å². The van der Waals surface area contributed by atoms with Gasteiger partial charge in [-0.1, -0.05) is 23.7 Å². The monoisotopic (exact) mass is 747 g/mol. The van der Waals surface area contributed by atoms with Gasteiger partial charge in [0.15, 0.2) is 6.19 Å². The van der Waals surface area contributed by atoms with E-state index in [1.54, 1.807) is 54.6 Å². The number of fused-ring (bicyclic) bond motifs is 1. The van der Waals surface area contributed by atoms with Crippen molar-refractivity contribution in [3.8, 4) is 17.9 Å². The molecule has 6 N–H and O–H groups in total. The van der Waals surface area contributed by atoms with Crippen molar-refractivity contribution < 1.29 is 24.3 Å². The predicted molar refractivity (Wildman–Crippen MR) is 195 cm³/mol. The lowest BCUT2D eigenvalue weighted by Gasteiger charge is -2.30. The molecule has 1 aliphatic heterocycles. The minimum absolute atomic E-state index is 0.0283. The van der Waals surface area contributed by atoms with E-state index >= 15 is 0 Å². The topological polar surface area (TPSA) is 259 Å². The number of halogens is 1. The molecule has 1 saturated heterocycles. The molecular formula is C35H30ClN13O5. The predicted octanol–water partition coefficient (Wildman–Crippen LogP) is 3.09. The van der Waals surface area contributed by atoms with E-state index in [1.807, 2.05) is 11.1 Å². The van der Waals surface area contributed by atoms with Gasteiger partial charge in [0.25, 0.3) is 0 Å². The number of rotatable bonds is 9. The number of benzene rings is 3. The van der Waals surface area contributed by atoms with Gasteiger partial charge in [0.1, 0.15) is 18.1 Å². The Hall–Kier alpha value is -7.31. The third-order valence-electron chi connectivity index (χ3n) is 8.51. The molecule has 3 heterocycles. The highest BCUT2D eigenvalue weighted by Crippen LogP contribution is 2.25. The van der Waals surface area contributed by atoms with Crippen LogP contribution in [0.1, 0.15) is 28.9 Å². The smallest absolute Gasteiger partial charge is 0.352 e. The summed E-state index contributed by atoms with van der Waals surface area (Å²) in [6.45, 7) is 1.11. The maximum absolute atomic E-state index is 13.8. The number of nitriles is 2. The van der Waals surface area contributed by atoms with Crippen LogP contribution in [0.4, 0.5) is 17.1 Å². The number of carboxylic acids is 1. The van der Waals surface area contributed by atoms with Crippen LogP contribution < -0.4 is 21.3 Å². The number of carbonyl (C=O) groups excluding carboxylic acids is 3. The van der Waals surface area contributed by atoms with E-state index in [-0.39, 0.29) is 28.7 Å². The fourth-order valence-corrected chi connectivity index (χ4v) is 5.93. The van der Waals surface area contributed by atoms with E-state index in [9.17, 15) is 34.8 Å². The van der Waals surface area contributed by atoms with Gasteiger partial charge >= 0.3 is 17.8 Å². The number of hydrogen-bond acceptors (Lipinski definition) is 10. The highest BCUT2D eigenvalue weighted by molar-refractivity contribution is 6.40. The Labute approximate surface area is 311 Å². The van der Waals surface area contributed by atoms with E-state index in [4.69, 9.17) is 11.6 Å². The maximum atomic E-state index is 13.8. The summed E-state index contributed by atoms with van der Waals surface area (Å²) in [6.07, 6.45) is 4.44. The summed E-state index contributed by atoms with van der Waals surface area (Å²) >= 11 is 6.16. The van der Waals surface area contributed by atoms with Crippen LogP contribution in [0.2, 0.25) is 5.02 Å². The minimum atomic E-state index is -1.27. The van der Waals surface area contributed by atoms with Crippen molar-refractivity contribution in [2.45, 2.75) is 25.3 Å². The lowest BCUT2D eigenvalue weighted by molar-refractivity contribution is -0.137. The number of anilines is 2. The van der Waals surface area contributed by atoms with Crippen molar-refractivity contribution in [1.82, 2.24) is 40.7 Å². The van der Waals surface area contributed by atoms with Crippen LogP contribution in [0.15, 0.2) is 78.0 Å². The SMILES string of the molecule is N#CNC(=Nc1ccc(C[C@H](NC(=O)C(=O)Nc2cc(Cl)ccc2-n2cnnn2)C(=O)Nc2ccc3[nH]c(C(=O)O)cc3c2)cc1)N1CCC(C#N)CC1. The Kier molecular flexibility index (Phi) is 11.1. The molecule has 3 amide bonds. The van der Waals surface area contributed by atoms with Gasteiger partial charge in [-0.05, 0) is 83.4 Å². The molecule has 1 fully saturated rings. The first-order chi connectivity index (χ1) is 26.1. The lowest BCUT2D eigenvalue weighted by atomic mass is 9.99. The summed E-state index contributed by atoms with van der Waals surface area (Å²) in [5.41, 5.74) is 2.39. The van der Waals surface area contributed by atoms with Crippen molar-refractivity contribution in [3.05, 3.63) is 89.3 Å². The number of hydrogen-bond donors (Lipinski definition) is 6. The van der Waals surface area contributed by atoms with Crippen molar-refractivity contribution in [2.75, 3.05) is 23.7 Å². The van der Waals surface area contributed by atoms with Gasteiger partial charge in [-0.2, -0.15) is 15.2 Å². The van der Waals surface area contributed by atoms with Crippen LogP contribution in [0.5, 0.6) is 0 Å². The number of aromatic amines is 1. The van der Waals surface area contributed by atoms with Crippen LogP contribution in [0.25, 0.3) is 16.6 Å². The summed E-state index contributed by atoms with van der Waals surface area (Å²) < 4.78 is 1.27. The highest BCUT2D eigenvalue weighted by atomic mass is 35.5. The number of amides is 3. The van der Waals surface area contributed by atoms with Crippen LogP contribution >= 0.6 is 11.6 Å². The molecule has 19 heteroatoms. The van der Waals surface area contributed by atoms with Gasteiger partial charge in [-0.25, -0.2) is 9.79 Å². The van der Waals surface area contributed by atoms with Crippen molar-refractivity contribution in [3.63, 3.8) is 0 Å². The van der Waals surface area contributed by atoms with Crippen LogP contribution in [0.3, 0.4) is 0 Å². The number of aliphatic imine (C=N–C) groups is 1. The van der Waals surface area contributed by atoms with Crippen LogP contribution in [-0.4, -0.2) is 84.0 Å². The third-order valence-corrected chi connectivity index (χ3v) is 8.74. The molecule has 0 unspecified atom stereocenters. The Morgan fingerprint density at radius 1 is 1.00 bits per heavy atom. The number of piperidine rings is 1. The number of nitrogens with zero attached hydrogens (tertiary/aromatic N) is 8. The second-order valence-electron chi connectivity index (χ2n) is 12.1. The normalized spacial score (nSPS) is 13.7. The van der Waals surface area contributed by atoms with E-state index in [0.717, 1.165) is 0 Å². The zero-order valence-electron chi connectivity index (χ0n) is 28.2. The van der Waals surface area contributed by atoms with E-state index in [2.05, 4.69) is 52.8 Å². The van der Waals surface area contributed by atoms with Gasteiger partial charge in [0.05, 0.1) is 23.1 Å². The maximum Gasteiger partial charge on any atom is 0.352 e. The van der Waals surface area contributed by atoms with Gasteiger partial charge in [-0.3, -0.25) is 19.7 Å². The molecule has 1 aliphatic rings. The molecule has 54 heavy (non-hydrogen) atoms. The number of aromatic carboxylic acids is 1. The molecular weight excluding hydrogens is 718 g/mol.